The largest absolute Gasteiger partial charge is 0.0999 e. The second-order valence-corrected chi connectivity index (χ2v) is 4.70. The van der Waals surface area contributed by atoms with Crippen LogP contribution in [0.15, 0.2) is 12.2 Å². The average Bonchev–Trinajstić information content (AvgIpc) is 2.12. The van der Waals surface area contributed by atoms with Gasteiger partial charge >= 0.3 is 0 Å². The van der Waals surface area contributed by atoms with Gasteiger partial charge in [0, 0.05) is 0 Å². The van der Waals surface area contributed by atoms with Gasteiger partial charge in [0.1, 0.15) is 0 Å². The molecule has 0 saturated heterocycles. The highest BCUT2D eigenvalue weighted by Crippen LogP contribution is 2.16. The van der Waals surface area contributed by atoms with Crippen molar-refractivity contribution in [2.45, 2.75) is 65.2 Å². The number of hydrogen-bond donors (Lipinski definition) is 0. The second kappa shape index (κ2) is 9.30. The van der Waals surface area contributed by atoms with Crippen molar-refractivity contribution in [1.82, 2.24) is 0 Å². The van der Waals surface area contributed by atoms with Crippen molar-refractivity contribution < 1.29 is 0 Å². The highest BCUT2D eigenvalue weighted by Gasteiger charge is 1.97. The molecule has 1 radical (unpaired) electrons. The zero-order valence-corrected chi connectivity index (χ0v) is 10.1. The first-order chi connectivity index (χ1) is 6.66. The van der Waals surface area contributed by atoms with Crippen molar-refractivity contribution in [1.29, 1.82) is 0 Å². The van der Waals surface area contributed by atoms with Gasteiger partial charge in [-0.15, -0.1) is 0 Å². The Morgan fingerprint density at radius 3 is 2.21 bits per heavy atom. The van der Waals surface area contributed by atoms with Crippen LogP contribution in [-0.4, -0.2) is 0 Å². The molecule has 0 nitrogen and oxygen atoms in total. The Bertz CT molecular complexity index is 133. The van der Waals surface area contributed by atoms with E-state index < -0.39 is 0 Å². The quantitative estimate of drug-likeness (QED) is 0.352. The summed E-state index contributed by atoms with van der Waals surface area (Å²) < 4.78 is 0. The molecule has 0 unspecified atom stereocenters. The Labute approximate surface area is 90.8 Å². The van der Waals surface area contributed by atoms with Crippen LogP contribution in [0.25, 0.3) is 0 Å². The Morgan fingerprint density at radius 2 is 1.64 bits per heavy atom. The molecule has 0 rings (SSSR count). The van der Waals surface area contributed by atoms with Crippen LogP contribution in [0.3, 0.4) is 0 Å². The highest BCUT2D eigenvalue weighted by atomic mass is 14.0. The van der Waals surface area contributed by atoms with Gasteiger partial charge in [-0.2, -0.15) is 0 Å². The van der Waals surface area contributed by atoms with E-state index in [4.69, 9.17) is 0 Å². The summed E-state index contributed by atoms with van der Waals surface area (Å²) >= 11 is 0. The van der Waals surface area contributed by atoms with Crippen molar-refractivity contribution in [2.24, 2.45) is 5.92 Å². The summed E-state index contributed by atoms with van der Waals surface area (Å²) in [7, 11) is 0. The SMILES string of the molecule is [CH2]CCCCCC(=C)CCCC(C)C. The lowest BCUT2D eigenvalue weighted by molar-refractivity contribution is 0.548. The lowest BCUT2D eigenvalue weighted by atomic mass is 10.00. The average molecular weight is 195 g/mol. The molecule has 0 N–H and O–H groups in total. The van der Waals surface area contributed by atoms with Gasteiger partial charge in [-0.05, 0) is 31.6 Å². The van der Waals surface area contributed by atoms with E-state index in [-0.39, 0.29) is 0 Å². The van der Waals surface area contributed by atoms with Crippen molar-refractivity contribution in [2.75, 3.05) is 0 Å². The Balaban J connectivity index is 3.20. The van der Waals surface area contributed by atoms with Gasteiger partial charge in [0.2, 0.25) is 0 Å². The maximum absolute atomic E-state index is 4.13. The van der Waals surface area contributed by atoms with Gasteiger partial charge in [0.25, 0.3) is 0 Å². The number of hydrogen-bond acceptors (Lipinski definition) is 0. The molecule has 0 bridgehead atoms. The van der Waals surface area contributed by atoms with E-state index >= 15 is 0 Å². The summed E-state index contributed by atoms with van der Waals surface area (Å²) in [6, 6.07) is 0. The zero-order chi connectivity index (χ0) is 10.8. The minimum absolute atomic E-state index is 0.842. The van der Waals surface area contributed by atoms with Crippen LogP contribution in [-0.2, 0) is 0 Å². The van der Waals surface area contributed by atoms with E-state index in [1.54, 1.807) is 0 Å². The van der Waals surface area contributed by atoms with Crippen LogP contribution in [0.5, 0.6) is 0 Å². The van der Waals surface area contributed by atoms with Gasteiger partial charge in [-0.1, -0.05) is 58.6 Å². The molecule has 83 valence electrons. The van der Waals surface area contributed by atoms with E-state index in [0.29, 0.717) is 0 Å². The summed E-state index contributed by atoms with van der Waals surface area (Å²) in [6.07, 6.45) is 10.1. The third-order valence-corrected chi connectivity index (χ3v) is 2.59. The summed E-state index contributed by atoms with van der Waals surface area (Å²) in [5.74, 6) is 0.842. The van der Waals surface area contributed by atoms with Crippen LogP contribution < -0.4 is 0 Å². The molecule has 0 aliphatic carbocycles. The predicted octanol–water partition coefficient (Wildman–Crippen LogP) is 5.15. The maximum atomic E-state index is 4.13. The summed E-state index contributed by atoms with van der Waals surface area (Å²) in [5, 5.41) is 0. The van der Waals surface area contributed by atoms with Crippen molar-refractivity contribution in [3.8, 4) is 0 Å². The van der Waals surface area contributed by atoms with Gasteiger partial charge < -0.3 is 0 Å². The van der Waals surface area contributed by atoms with Gasteiger partial charge in [0.15, 0.2) is 0 Å². The molecule has 0 aromatic heterocycles. The monoisotopic (exact) mass is 195 g/mol. The molecule has 0 fully saturated rings. The Morgan fingerprint density at radius 1 is 1.00 bits per heavy atom. The lowest BCUT2D eigenvalue weighted by Crippen LogP contribution is -1.89. The van der Waals surface area contributed by atoms with Crippen LogP contribution in [0.2, 0.25) is 0 Å². The fourth-order valence-electron chi connectivity index (χ4n) is 1.61. The van der Waals surface area contributed by atoms with Gasteiger partial charge in [0.05, 0.1) is 0 Å². The summed E-state index contributed by atoms with van der Waals surface area (Å²) in [4.78, 5) is 0. The molecule has 0 heterocycles. The highest BCUT2D eigenvalue weighted by molar-refractivity contribution is 4.93. The fourth-order valence-corrected chi connectivity index (χ4v) is 1.61. The number of rotatable bonds is 9. The third kappa shape index (κ3) is 9.83. The zero-order valence-electron chi connectivity index (χ0n) is 10.1. The summed E-state index contributed by atoms with van der Waals surface area (Å²) in [6.45, 7) is 12.6. The minimum atomic E-state index is 0.842. The summed E-state index contributed by atoms with van der Waals surface area (Å²) in [5.41, 5.74) is 1.45. The second-order valence-electron chi connectivity index (χ2n) is 4.70. The third-order valence-electron chi connectivity index (χ3n) is 2.59. The van der Waals surface area contributed by atoms with E-state index in [1.165, 1.54) is 50.5 Å². The van der Waals surface area contributed by atoms with E-state index in [0.717, 1.165) is 12.3 Å². The first-order valence-electron chi connectivity index (χ1n) is 6.12. The minimum Gasteiger partial charge on any atom is -0.0999 e. The van der Waals surface area contributed by atoms with Crippen LogP contribution in [0.1, 0.15) is 65.2 Å². The normalized spacial score (nSPS) is 10.9. The first-order valence-corrected chi connectivity index (χ1v) is 6.12. The van der Waals surface area contributed by atoms with Gasteiger partial charge in [-0.3, -0.25) is 0 Å². The topological polar surface area (TPSA) is 0 Å². The van der Waals surface area contributed by atoms with Crippen molar-refractivity contribution >= 4 is 0 Å². The van der Waals surface area contributed by atoms with Crippen LogP contribution in [0, 0.1) is 12.8 Å². The predicted molar refractivity (Wildman–Crippen MR) is 66.3 cm³/mol. The fraction of sp³-hybridized carbons (Fsp3) is 0.786. The molecule has 0 aromatic rings. The number of unbranched alkanes of at least 4 members (excludes halogenated alkanes) is 3. The lowest BCUT2D eigenvalue weighted by Gasteiger charge is -2.07. The Kier molecular flexibility index (Phi) is 9.13. The molecule has 0 aromatic carbocycles. The molecule has 0 saturated carbocycles. The smallest absolute Gasteiger partial charge is 0.0323 e. The van der Waals surface area contributed by atoms with Gasteiger partial charge in [-0.25, -0.2) is 0 Å². The maximum Gasteiger partial charge on any atom is -0.0323 e. The first kappa shape index (κ1) is 13.7. The molecular formula is C14H27. The molecule has 0 atom stereocenters. The molecule has 0 amide bonds. The number of allylic oxidation sites excluding steroid dienone is 1. The molecule has 0 spiro atoms. The molecule has 14 heavy (non-hydrogen) atoms. The van der Waals surface area contributed by atoms with E-state index in [2.05, 4.69) is 27.4 Å². The standard InChI is InChI=1S/C14H27/c1-5-6-7-8-11-14(4)12-9-10-13(2)3/h13H,1,4-12H2,2-3H3. The van der Waals surface area contributed by atoms with Crippen LogP contribution in [0.4, 0.5) is 0 Å². The molecule has 0 heteroatoms. The van der Waals surface area contributed by atoms with E-state index in [9.17, 15) is 0 Å². The van der Waals surface area contributed by atoms with E-state index in [1.807, 2.05) is 0 Å². The molecule has 0 aliphatic heterocycles. The van der Waals surface area contributed by atoms with Crippen molar-refractivity contribution in [3.63, 3.8) is 0 Å². The molecular weight excluding hydrogens is 168 g/mol. The Hall–Kier alpha value is -0.260. The molecule has 0 aliphatic rings. The van der Waals surface area contributed by atoms with Crippen LogP contribution >= 0.6 is 0 Å². The van der Waals surface area contributed by atoms with Crippen molar-refractivity contribution in [3.05, 3.63) is 19.1 Å².